The topological polar surface area (TPSA) is 40.6 Å². The van der Waals surface area contributed by atoms with Crippen LogP contribution in [0.15, 0.2) is 12.7 Å². The quantitative estimate of drug-likeness (QED) is 0.513. The number of likely N-dealkylation sites (N-methyl/N-ethyl adjacent to an activating group) is 2. The summed E-state index contributed by atoms with van der Waals surface area (Å²) in [5.74, 6) is 0. The fraction of sp³-hybridized carbons (Fsp3) is 0.667. The molecule has 4 nitrogen and oxygen atoms in total. The van der Waals surface area contributed by atoms with Gasteiger partial charge < -0.3 is 0 Å². The SMILES string of the molecule is C=CC1CN(C)S(=O)(=O)N1C. The number of nitrogens with zero attached hydrogens (tertiary/aromatic N) is 2. The van der Waals surface area contributed by atoms with E-state index in [0.29, 0.717) is 6.54 Å². The Hall–Kier alpha value is -0.390. The van der Waals surface area contributed by atoms with E-state index in [0.717, 1.165) is 0 Å². The predicted molar refractivity (Wildman–Crippen MR) is 43.3 cm³/mol. The van der Waals surface area contributed by atoms with Crippen LogP contribution in [0.3, 0.4) is 0 Å². The smallest absolute Gasteiger partial charge is 0.195 e. The first-order valence-electron chi connectivity index (χ1n) is 3.32. The molecule has 11 heavy (non-hydrogen) atoms. The molecule has 64 valence electrons. The van der Waals surface area contributed by atoms with Gasteiger partial charge in [0.05, 0.1) is 6.04 Å². The third-order valence-electron chi connectivity index (χ3n) is 1.94. The maximum atomic E-state index is 11.3. The van der Waals surface area contributed by atoms with Crippen molar-refractivity contribution in [3.05, 3.63) is 12.7 Å². The third kappa shape index (κ3) is 1.19. The van der Waals surface area contributed by atoms with E-state index < -0.39 is 10.2 Å². The van der Waals surface area contributed by atoms with Crippen molar-refractivity contribution in [1.29, 1.82) is 0 Å². The molecule has 0 aromatic carbocycles. The molecule has 1 unspecified atom stereocenters. The first-order chi connectivity index (χ1) is 5.00. The molecule has 0 N–H and O–H groups in total. The summed E-state index contributed by atoms with van der Waals surface area (Å²) in [6.07, 6.45) is 1.64. The first kappa shape index (κ1) is 8.70. The molecule has 1 heterocycles. The molecule has 1 saturated heterocycles. The van der Waals surface area contributed by atoms with E-state index in [9.17, 15) is 8.42 Å². The largest absolute Gasteiger partial charge is 0.282 e. The average Bonchev–Trinajstić information content (AvgIpc) is 2.14. The monoisotopic (exact) mass is 176 g/mol. The molecule has 0 saturated carbocycles. The van der Waals surface area contributed by atoms with Crippen molar-refractivity contribution < 1.29 is 8.42 Å². The summed E-state index contributed by atoms with van der Waals surface area (Å²) in [4.78, 5) is 0. The van der Waals surface area contributed by atoms with Crippen LogP contribution in [-0.2, 0) is 10.2 Å². The summed E-state index contributed by atoms with van der Waals surface area (Å²) >= 11 is 0. The van der Waals surface area contributed by atoms with Crippen LogP contribution in [-0.4, -0.2) is 43.7 Å². The highest BCUT2D eigenvalue weighted by Crippen LogP contribution is 2.18. The molecule has 1 aliphatic rings. The zero-order valence-electron chi connectivity index (χ0n) is 6.69. The highest BCUT2D eigenvalue weighted by atomic mass is 32.2. The van der Waals surface area contributed by atoms with E-state index in [1.165, 1.54) is 8.61 Å². The lowest BCUT2D eigenvalue weighted by Gasteiger charge is -2.12. The normalized spacial score (nSPS) is 32.4. The Morgan fingerprint density at radius 1 is 1.55 bits per heavy atom. The lowest BCUT2D eigenvalue weighted by Crippen LogP contribution is -2.30. The third-order valence-corrected chi connectivity index (χ3v) is 3.88. The second kappa shape index (κ2) is 2.58. The van der Waals surface area contributed by atoms with E-state index in [2.05, 4.69) is 6.58 Å². The summed E-state index contributed by atoms with van der Waals surface area (Å²) in [5, 5.41) is 0. The van der Waals surface area contributed by atoms with Gasteiger partial charge in [-0.3, -0.25) is 0 Å². The molecule has 1 atom stereocenters. The standard InChI is InChI=1S/C6H12N2O2S/c1-4-6-5-7(2)11(9,10)8(6)3/h4,6H,1,5H2,2-3H3. The van der Waals surface area contributed by atoms with Gasteiger partial charge in [0.1, 0.15) is 0 Å². The van der Waals surface area contributed by atoms with Crippen molar-refractivity contribution in [1.82, 2.24) is 8.61 Å². The van der Waals surface area contributed by atoms with Gasteiger partial charge in [-0.1, -0.05) is 6.08 Å². The lowest BCUT2D eigenvalue weighted by molar-refractivity contribution is 0.461. The Labute approximate surface area is 67.3 Å². The van der Waals surface area contributed by atoms with Crippen molar-refractivity contribution in [2.75, 3.05) is 20.6 Å². The summed E-state index contributed by atoms with van der Waals surface area (Å²) < 4.78 is 25.2. The Morgan fingerprint density at radius 2 is 2.09 bits per heavy atom. The highest BCUT2D eigenvalue weighted by Gasteiger charge is 2.36. The molecule has 0 bridgehead atoms. The molecule has 1 rings (SSSR count). The molecule has 0 aromatic rings. The van der Waals surface area contributed by atoms with Crippen LogP contribution in [0.25, 0.3) is 0 Å². The Kier molecular flexibility index (Phi) is 2.04. The van der Waals surface area contributed by atoms with E-state index in [1.807, 2.05) is 0 Å². The van der Waals surface area contributed by atoms with Crippen molar-refractivity contribution in [2.24, 2.45) is 0 Å². The van der Waals surface area contributed by atoms with Crippen molar-refractivity contribution >= 4 is 10.2 Å². The maximum Gasteiger partial charge on any atom is 0.282 e. The second-order valence-corrected chi connectivity index (χ2v) is 4.70. The molecular weight excluding hydrogens is 164 g/mol. The average molecular weight is 176 g/mol. The molecule has 1 fully saturated rings. The van der Waals surface area contributed by atoms with Crippen LogP contribution >= 0.6 is 0 Å². The van der Waals surface area contributed by atoms with Crippen LogP contribution in [0.4, 0.5) is 0 Å². The minimum absolute atomic E-state index is 0.0787. The van der Waals surface area contributed by atoms with Gasteiger partial charge >= 0.3 is 0 Å². The summed E-state index contributed by atoms with van der Waals surface area (Å²) in [5.41, 5.74) is 0. The van der Waals surface area contributed by atoms with Gasteiger partial charge in [-0.05, 0) is 0 Å². The van der Waals surface area contributed by atoms with Crippen LogP contribution in [0.5, 0.6) is 0 Å². The van der Waals surface area contributed by atoms with E-state index in [4.69, 9.17) is 0 Å². The summed E-state index contributed by atoms with van der Waals surface area (Å²) in [6.45, 7) is 4.06. The van der Waals surface area contributed by atoms with Crippen molar-refractivity contribution in [3.63, 3.8) is 0 Å². The van der Waals surface area contributed by atoms with Gasteiger partial charge in [0.2, 0.25) is 0 Å². The molecular formula is C6H12N2O2S. The van der Waals surface area contributed by atoms with Gasteiger partial charge in [0.15, 0.2) is 0 Å². The summed E-state index contributed by atoms with van der Waals surface area (Å²) in [7, 11) is -0.0441. The van der Waals surface area contributed by atoms with Crippen LogP contribution in [0.1, 0.15) is 0 Å². The fourth-order valence-electron chi connectivity index (χ4n) is 1.09. The van der Waals surface area contributed by atoms with Gasteiger partial charge in [-0.15, -0.1) is 6.58 Å². The molecule has 0 spiro atoms. The fourth-order valence-corrected chi connectivity index (χ4v) is 2.36. The lowest BCUT2D eigenvalue weighted by atomic mass is 10.3. The highest BCUT2D eigenvalue weighted by molar-refractivity contribution is 7.87. The van der Waals surface area contributed by atoms with Gasteiger partial charge in [-0.25, -0.2) is 0 Å². The van der Waals surface area contributed by atoms with Gasteiger partial charge in [0, 0.05) is 20.6 Å². The molecule has 0 aromatic heterocycles. The Morgan fingerprint density at radius 3 is 2.27 bits per heavy atom. The molecule has 5 heteroatoms. The Balaban J connectivity index is 2.98. The molecule has 1 aliphatic heterocycles. The van der Waals surface area contributed by atoms with Crippen molar-refractivity contribution in [3.8, 4) is 0 Å². The Bertz CT molecular complexity index is 260. The van der Waals surface area contributed by atoms with E-state index >= 15 is 0 Å². The zero-order valence-corrected chi connectivity index (χ0v) is 7.50. The number of hydrogen-bond donors (Lipinski definition) is 0. The molecule has 0 radical (unpaired) electrons. The van der Waals surface area contributed by atoms with Crippen LogP contribution in [0.2, 0.25) is 0 Å². The van der Waals surface area contributed by atoms with Crippen LogP contribution in [0, 0.1) is 0 Å². The molecule has 0 amide bonds. The number of rotatable bonds is 1. The maximum absolute atomic E-state index is 11.3. The first-order valence-corrected chi connectivity index (χ1v) is 4.71. The van der Waals surface area contributed by atoms with E-state index in [1.54, 1.807) is 20.2 Å². The van der Waals surface area contributed by atoms with Crippen molar-refractivity contribution in [2.45, 2.75) is 6.04 Å². The van der Waals surface area contributed by atoms with E-state index in [-0.39, 0.29) is 6.04 Å². The number of hydrogen-bond acceptors (Lipinski definition) is 2. The summed E-state index contributed by atoms with van der Waals surface area (Å²) in [6, 6.07) is -0.0787. The zero-order chi connectivity index (χ0) is 8.65. The van der Waals surface area contributed by atoms with Gasteiger partial charge in [0.25, 0.3) is 10.2 Å². The van der Waals surface area contributed by atoms with Gasteiger partial charge in [-0.2, -0.15) is 17.0 Å². The predicted octanol–water partition coefficient (Wildman–Crippen LogP) is -0.337. The minimum atomic E-state index is -3.17. The van der Waals surface area contributed by atoms with Crippen LogP contribution < -0.4 is 0 Å². The second-order valence-electron chi connectivity index (χ2n) is 2.61. The minimum Gasteiger partial charge on any atom is -0.195 e. The molecule has 0 aliphatic carbocycles.